The number of nitrogens with two attached hydrogens (primary N) is 1. The second-order valence-corrected chi connectivity index (χ2v) is 4.41. The Morgan fingerprint density at radius 1 is 1.44 bits per heavy atom. The van der Waals surface area contributed by atoms with E-state index in [4.69, 9.17) is 10.5 Å². The van der Waals surface area contributed by atoms with Crippen molar-refractivity contribution in [3.05, 3.63) is 17.6 Å². The zero-order chi connectivity index (χ0) is 11.5. The molecule has 2 N–H and O–H groups in total. The molecule has 0 aromatic carbocycles. The number of aryl methyl sites for hydroxylation is 2. The second kappa shape index (κ2) is 4.78. The summed E-state index contributed by atoms with van der Waals surface area (Å²) in [6.45, 7) is 3.98. The summed E-state index contributed by atoms with van der Waals surface area (Å²) in [5.41, 5.74) is 6.88. The summed E-state index contributed by atoms with van der Waals surface area (Å²) >= 11 is 0. The van der Waals surface area contributed by atoms with Gasteiger partial charge in [0, 0.05) is 17.8 Å². The van der Waals surface area contributed by atoms with Crippen molar-refractivity contribution in [1.82, 2.24) is 9.97 Å². The quantitative estimate of drug-likeness (QED) is 0.842. The molecule has 1 fully saturated rings. The van der Waals surface area contributed by atoms with Gasteiger partial charge in [0.05, 0.1) is 0 Å². The maximum Gasteiger partial charge on any atom is 0.217 e. The van der Waals surface area contributed by atoms with Crippen molar-refractivity contribution < 1.29 is 4.74 Å². The van der Waals surface area contributed by atoms with Crippen LogP contribution in [0.25, 0.3) is 0 Å². The molecule has 16 heavy (non-hydrogen) atoms. The highest BCUT2D eigenvalue weighted by atomic mass is 16.5. The first-order chi connectivity index (χ1) is 7.67. The molecule has 4 heteroatoms. The van der Waals surface area contributed by atoms with Gasteiger partial charge in [-0.05, 0) is 32.6 Å². The molecule has 1 aromatic heterocycles. The maximum absolute atomic E-state index is 5.85. The van der Waals surface area contributed by atoms with Gasteiger partial charge >= 0.3 is 0 Å². The summed E-state index contributed by atoms with van der Waals surface area (Å²) in [6, 6.07) is 2.22. The van der Waals surface area contributed by atoms with Crippen molar-refractivity contribution in [3.8, 4) is 5.88 Å². The normalized spacial score (nSPS) is 24.7. The number of aromatic nitrogens is 2. The van der Waals surface area contributed by atoms with Crippen LogP contribution in [0.3, 0.4) is 0 Å². The van der Waals surface area contributed by atoms with Crippen LogP contribution in [0.5, 0.6) is 5.88 Å². The summed E-state index contributed by atoms with van der Waals surface area (Å²) in [5, 5.41) is 0. The minimum atomic E-state index is 0.231. The van der Waals surface area contributed by atoms with E-state index in [1.165, 1.54) is 0 Å². The molecule has 88 valence electrons. The Bertz CT molecular complexity index is 367. The van der Waals surface area contributed by atoms with Crippen LogP contribution in [-0.4, -0.2) is 22.1 Å². The van der Waals surface area contributed by atoms with E-state index in [0.29, 0.717) is 11.9 Å². The molecular weight excluding hydrogens is 202 g/mol. The van der Waals surface area contributed by atoms with Crippen LogP contribution in [0.2, 0.25) is 0 Å². The monoisotopic (exact) mass is 221 g/mol. The number of hydrogen-bond donors (Lipinski definition) is 1. The van der Waals surface area contributed by atoms with Gasteiger partial charge in [-0.1, -0.05) is 6.92 Å². The molecule has 1 aliphatic carbocycles. The van der Waals surface area contributed by atoms with E-state index in [-0.39, 0.29) is 6.10 Å². The molecule has 0 radical (unpaired) electrons. The second-order valence-electron chi connectivity index (χ2n) is 4.41. The summed E-state index contributed by atoms with van der Waals surface area (Å²) in [5.74, 6) is 1.47. The van der Waals surface area contributed by atoms with Gasteiger partial charge in [-0.3, -0.25) is 0 Å². The first-order valence-corrected chi connectivity index (χ1v) is 5.94. The molecule has 0 saturated heterocycles. The molecular formula is C12H19N3O. The van der Waals surface area contributed by atoms with Crippen LogP contribution >= 0.6 is 0 Å². The lowest BCUT2D eigenvalue weighted by Crippen LogP contribution is -2.19. The molecule has 2 unspecified atom stereocenters. The highest BCUT2D eigenvalue weighted by Gasteiger charge is 2.23. The molecule has 0 bridgehead atoms. The number of ether oxygens (including phenoxy) is 1. The van der Waals surface area contributed by atoms with Crippen LogP contribution in [0.4, 0.5) is 0 Å². The molecule has 4 nitrogen and oxygen atoms in total. The Morgan fingerprint density at radius 3 is 2.88 bits per heavy atom. The van der Waals surface area contributed by atoms with Crippen LogP contribution in [-0.2, 0) is 6.42 Å². The Balaban J connectivity index is 2.06. The Kier molecular flexibility index (Phi) is 3.39. The van der Waals surface area contributed by atoms with Crippen LogP contribution < -0.4 is 10.5 Å². The zero-order valence-electron chi connectivity index (χ0n) is 9.94. The van der Waals surface area contributed by atoms with Gasteiger partial charge in [-0.2, -0.15) is 4.98 Å². The van der Waals surface area contributed by atoms with Crippen LogP contribution in [0.1, 0.15) is 37.7 Å². The van der Waals surface area contributed by atoms with Gasteiger partial charge in [-0.25, -0.2) is 4.98 Å². The maximum atomic E-state index is 5.85. The van der Waals surface area contributed by atoms with Gasteiger partial charge in [0.1, 0.15) is 11.9 Å². The Labute approximate surface area is 96.2 Å². The predicted molar refractivity (Wildman–Crippen MR) is 62.4 cm³/mol. The fourth-order valence-electron chi connectivity index (χ4n) is 2.09. The van der Waals surface area contributed by atoms with Crippen molar-refractivity contribution in [2.75, 3.05) is 0 Å². The van der Waals surface area contributed by atoms with E-state index in [9.17, 15) is 0 Å². The van der Waals surface area contributed by atoms with E-state index in [2.05, 4.69) is 16.9 Å². The molecule has 1 aromatic rings. The van der Waals surface area contributed by atoms with E-state index in [1.807, 2.05) is 13.0 Å². The van der Waals surface area contributed by atoms with Crippen molar-refractivity contribution >= 4 is 0 Å². The fourth-order valence-corrected chi connectivity index (χ4v) is 2.09. The molecule has 0 amide bonds. The molecule has 0 spiro atoms. The van der Waals surface area contributed by atoms with Gasteiger partial charge in [0.2, 0.25) is 5.88 Å². The molecule has 1 heterocycles. The lowest BCUT2D eigenvalue weighted by Gasteiger charge is -2.13. The Hall–Kier alpha value is -1.16. The fraction of sp³-hybridized carbons (Fsp3) is 0.667. The number of nitrogens with zero attached hydrogens (tertiary/aromatic N) is 2. The van der Waals surface area contributed by atoms with Gasteiger partial charge in [0.15, 0.2) is 0 Å². The smallest absolute Gasteiger partial charge is 0.217 e. The van der Waals surface area contributed by atoms with Crippen LogP contribution in [0, 0.1) is 6.92 Å². The topological polar surface area (TPSA) is 61.0 Å². The summed E-state index contributed by atoms with van der Waals surface area (Å²) < 4.78 is 5.84. The van der Waals surface area contributed by atoms with Crippen molar-refractivity contribution in [2.45, 2.75) is 51.7 Å². The first-order valence-electron chi connectivity index (χ1n) is 5.94. The standard InChI is InChI=1S/C12H19N3O/c1-3-10-7-12(15-8(2)14-10)16-11-5-4-9(13)6-11/h7,9,11H,3-6,13H2,1-2H3. The third kappa shape index (κ3) is 2.70. The van der Waals surface area contributed by atoms with E-state index >= 15 is 0 Å². The van der Waals surface area contributed by atoms with Gasteiger partial charge < -0.3 is 10.5 Å². The first kappa shape index (κ1) is 11.3. The lowest BCUT2D eigenvalue weighted by atomic mass is 10.3. The molecule has 1 saturated carbocycles. The largest absolute Gasteiger partial charge is 0.474 e. The van der Waals surface area contributed by atoms with Gasteiger partial charge in [-0.15, -0.1) is 0 Å². The third-order valence-corrected chi connectivity index (χ3v) is 2.94. The molecule has 1 aliphatic rings. The number of rotatable bonds is 3. The minimum Gasteiger partial charge on any atom is -0.474 e. The van der Waals surface area contributed by atoms with Crippen molar-refractivity contribution in [2.24, 2.45) is 5.73 Å². The Morgan fingerprint density at radius 2 is 2.25 bits per heavy atom. The van der Waals surface area contributed by atoms with E-state index in [1.54, 1.807) is 0 Å². The van der Waals surface area contributed by atoms with E-state index in [0.717, 1.165) is 37.2 Å². The molecule has 0 aliphatic heterocycles. The van der Waals surface area contributed by atoms with Crippen LogP contribution in [0.15, 0.2) is 6.07 Å². The summed E-state index contributed by atoms with van der Waals surface area (Å²) in [6.07, 6.45) is 4.16. The third-order valence-electron chi connectivity index (χ3n) is 2.94. The average molecular weight is 221 g/mol. The zero-order valence-corrected chi connectivity index (χ0v) is 9.94. The predicted octanol–water partition coefficient (Wildman–Crippen LogP) is 1.61. The lowest BCUT2D eigenvalue weighted by molar-refractivity contribution is 0.198. The van der Waals surface area contributed by atoms with Crippen molar-refractivity contribution in [3.63, 3.8) is 0 Å². The SMILES string of the molecule is CCc1cc(OC2CCC(N)C2)nc(C)n1. The number of hydrogen-bond acceptors (Lipinski definition) is 4. The van der Waals surface area contributed by atoms with E-state index < -0.39 is 0 Å². The summed E-state index contributed by atoms with van der Waals surface area (Å²) in [4.78, 5) is 8.62. The van der Waals surface area contributed by atoms with Crippen molar-refractivity contribution in [1.29, 1.82) is 0 Å². The molecule has 2 atom stereocenters. The summed E-state index contributed by atoms with van der Waals surface area (Å²) in [7, 11) is 0. The minimum absolute atomic E-state index is 0.231. The van der Waals surface area contributed by atoms with Gasteiger partial charge in [0.25, 0.3) is 0 Å². The average Bonchev–Trinajstić information content (AvgIpc) is 2.63. The molecule has 2 rings (SSSR count). The highest BCUT2D eigenvalue weighted by Crippen LogP contribution is 2.22. The highest BCUT2D eigenvalue weighted by molar-refractivity contribution is 5.16.